The minimum atomic E-state index is -3.80. The molecule has 1 aliphatic carbocycles. The summed E-state index contributed by atoms with van der Waals surface area (Å²) in [6.45, 7) is 0.842. The highest BCUT2D eigenvalue weighted by molar-refractivity contribution is 7.89. The maximum absolute atomic E-state index is 13.1. The van der Waals surface area contributed by atoms with Gasteiger partial charge in [0, 0.05) is 13.1 Å². The molecule has 1 aliphatic heterocycles. The summed E-state index contributed by atoms with van der Waals surface area (Å²) in [7, 11) is -3.80. The number of hydrogen-bond acceptors (Lipinski definition) is 3. The number of allylic oxidation sites excluding steroid dienone is 1. The van der Waals surface area contributed by atoms with Crippen LogP contribution in [-0.4, -0.2) is 37.8 Å². The SMILES string of the molecule is O=C(NCCC1=CCCCC1)[C@@H]1CCCN1S(=O)(=O)c1ccc(F)cc1. The first-order valence-corrected chi connectivity index (χ1v) is 10.7. The Balaban J connectivity index is 1.62. The van der Waals surface area contributed by atoms with Gasteiger partial charge < -0.3 is 5.32 Å². The van der Waals surface area contributed by atoms with Crippen LogP contribution in [-0.2, 0) is 14.8 Å². The third-order valence-electron chi connectivity index (χ3n) is 5.06. The van der Waals surface area contributed by atoms with Crippen LogP contribution in [0.2, 0.25) is 0 Å². The normalized spacial score (nSPS) is 21.4. The van der Waals surface area contributed by atoms with Crippen molar-refractivity contribution < 1.29 is 17.6 Å². The number of nitrogens with zero attached hydrogens (tertiary/aromatic N) is 1. The van der Waals surface area contributed by atoms with Gasteiger partial charge in [-0.3, -0.25) is 4.79 Å². The molecular formula is C19H25FN2O3S. The molecule has 7 heteroatoms. The van der Waals surface area contributed by atoms with E-state index in [1.54, 1.807) is 0 Å². The predicted molar refractivity (Wildman–Crippen MR) is 97.5 cm³/mol. The lowest BCUT2D eigenvalue weighted by molar-refractivity contribution is -0.124. The third-order valence-corrected chi connectivity index (χ3v) is 6.98. The summed E-state index contributed by atoms with van der Waals surface area (Å²) >= 11 is 0. The molecule has 1 aromatic carbocycles. The van der Waals surface area contributed by atoms with Gasteiger partial charge in [0.2, 0.25) is 15.9 Å². The second kappa shape index (κ2) is 8.31. The smallest absolute Gasteiger partial charge is 0.243 e. The molecule has 1 fully saturated rings. The lowest BCUT2D eigenvalue weighted by Gasteiger charge is -2.23. The quantitative estimate of drug-likeness (QED) is 0.772. The Morgan fingerprint density at radius 1 is 1.19 bits per heavy atom. The molecule has 0 bridgehead atoms. The van der Waals surface area contributed by atoms with E-state index in [0.717, 1.165) is 31.4 Å². The van der Waals surface area contributed by atoms with Crippen LogP contribution in [0.15, 0.2) is 40.8 Å². The Morgan fingerprint density at radius 2 is 1.96 bits per heavy atom. The van der Waals surface area contributed by atoms with E-state index < -0.39 is 21.9 Å². The molecule has 142 valence electrons. The number of benzene rings is 1. The molecule has 26 heavy (non-hydrogen) atoms. The van der Waals surface area contributed by atoms with E-state index in [9.17, 15) is 17.6 Å². The Labute approximate surface area is 154 Å². The monoisotopic (exact) mass is 380 g/mol. The topological polar surface area (TPSA) is 66.5 Å². The molecule has 1 atom stereocenters. The number of amides is 1. The lowest BCUT2D eigenvalue weighted by atomic mass is 9.97. The van der Waals surface area contributed by atoms with Crippen LogP contribution in [0, 0.1) is 5.82 Å². The Kier molecular flexibility index (Phi) is 6.09. The molecule has 0 unspecified atom stereocenters. The number of carbonyl (C=O) groups is 1. The molecule has 0 aromatic heterocycles. The average molecular weight is 380 g/mol. The van der Waals surface area contributed by atoms with Crippen LogP contribution >= 0.6 is 0 Å². The van der Waals surface area contributed by atoms with Gasteiger partial charge in [0.05, 0.1) is 4.90 Å². The van der Waals surface area contributed by atoms with E-state index in [-0.39, 0.29) is 10.8 Å². The minimum absolute atomic E-state index is 0.0194. The molecular weight excluding hydrogens is 355 g/mol. The van der Waals surface area contributed by atoms with Gasteiger partial charge in [-0.2, -0.15) is 4.31 Å². The zero-order valence-electron chi connectivity index (χ0n) is 14.8. The van der Waals surface area contributed by atoms with Gasteiger partial charge in [-0.15, -0.1) is 0 Å². The fourth-order valence-electron chi connectivity index (χ4n) is 3.63. The zero-order chi connectivity index (χ0) is 18.6. The van der Waals surface area contributed by atoms with Gasteiger partial charge in [-0.1, -0.05) is 11.6 Å². The highest BCUT2D eigenvalue weighted by Gasteiger charge is 2.39. The van der Waals surface area contributed by atoms with E-state index in [2.05, 4.69) is 11.4 Å². The molecule has 0 saturated carbocycles. The van der Waals surface area contributed by atoms with Crippen LogP contribution in [0.4, 0.5) is 4.39 Å². The van der Waals surface area contributed by atoms with Crippen molar-refractivity contribution in [2.75, 3.05) is 13.1 Å². The van der Waals surface area contributed by atoms with E-state index in [0.29, 0.717) is 25.9 Å². The molecule has 1 N–H and O–H groups in total. The highest BCUT2D eigenvalue weighted by Crippen LogP contribution is 2.26. The summed E-state index contributed by atoms with van der Waals surface area (Å²) in [5, 5.41) is 2.89. The molecule has 0 radical (unpaired) electrons. The molecule has 3 rings (SSSR count). The number of hydrogen-bond donors (Lipinski definition) is 1. The minimum Gasteiger partial charge on any atom is -0.354 e. The Hall–Kier alpha value is -1.73. The molecule has 1 saturated heterocycles. The molecule has 1 aromatic rings. The Bertz CT molecular complexity index is 774. The van der Waals surface area contributed by atoms with Crippen LogP contribution in [0.3, 0.4) is 0 Å². The largest absolute Gasteiger partial charge is 0.354 e. The van der Waals surface area contributed by atoms with Crippen LogP contribution in [0.25, 0.3) is 0 Å². The van der Waals surface area contributed by atoms with E-state index >= 15 is 0 Å². The summed E-state index contributed by atoms with van der Waals surface area (Å²) in [6.07, 6.45) is 8.85. The highest BCUT2D eigenvalue weighted by atomic mass is 32.2. The average Bonchev–Trinajstić information content (AvgIpc) is 3.14. The maximum atomic E-state index is 13.1. The molecule has 1 amide bonds. The second-order valence-corrected chi connectivity index (χ2v) is 8.77. The van der Waals surface area contributed by atoms with E-state index in [1.165, 1.54) is 34.9 Å². The van der Waals surface area contributed by atoms with Gasteiger partial charge in [-0.25, -0.2) is 12.8 Å². The van der Waals surface area contributed by atoms with Crippen molar-refractivity contribution in [2.45, 2.75) is 55.9 Å². The molecule has 1 heterocycles. The number of rotatable bonds is 6. The van der Waals surface area contributed by atoms with Crippen LogP contribution in [0.5, 0.6) is 0 Å². The number of halogens is 1. The fourth-order valence-corrected chi connectivity index (χ4v) is 5.28. The van der Waals surface area contributed by atoms with Crippen molar-refractivity contribution in [2.24, 2.45) is 0 Å². The molecule has 5 nitrogen and oxygen atoms in total. The summed E-state index contributed by atoms with van der Waals surface area (Å²) in [4.78, 5) is 12.6. The van der Waals surface area contributed by atoms with Gasteiger partial charge in [0.25, 0.3) is 0 Å². The zero-order valence-corrected chi connectivity index (χ0v) is 15.6. The van der Waals surface area contributed by atoms with Crippen molar-refractivity contribution in [3.05, 3.63) is 41.7 Å². The van der Waals surface area contributed by atoms with Crippen molar-refractivity contribution in [1.82, 2.24) is 9.62 Å². The Morgan fingerprint density at radius 3 is 2.65 bits per heavy atom. The van der Waals surface area contributed by atoms with Crippen molar-refractivity contribution in [1.29, 1.82) is 0 Å². The molecule has 0 spiro atoms. The van der Waals surface area contributed by atoms with Crippen molar-refractivity contribution in [3.8, 4) is 0 Å². The summed E-state index contributed by atoms with van der Waals surface area (Å²) < 4.78 is 39.9. The van der Waals surface area contributed by atoms with E-state index in [4.69, 9.17) is 0 Å². The first-order valence-electron chi connectivity index (χ1n) is 9.21. The number of nitrogens with one attached hydrogen (secondary N) is 1. The van der Waals surface area contributed by atoms with Crippen molar-refractivity contribution >= 4 is 15.9 Å². The van der Waals surface area contributed by atoms with E-state index in [1.807, 2.05) is 0 Å². The maximum Gasteiger partial charge on any atom is 0.243 e. The first kappa shape index (κ1) is 19.0. The fraction of sp³-hybridized carbons (Fsp3) is 0.526. The summed E-state index contributed by atoms with van der Waals surface area (Å²) in [5.41, 5.74) is 1.37. The van der Waals surface area contributed by atoms with Crippen LogP contribution < -0.4 is 5.32 Å². The standard InChI is InChI=1S/C19H25FN2O3S/c20-16-8-10-17(11-9-16)26(24,25)22-14-4-7-18(22)19(23)21-13-12-15-5-2-1-3-6-15/h5,8-11,18H,1-4,6-7,12-14H2,(H,21,23)/t18-/m0/s1. The summed E-state index contributed by atoms with van der Waals surface area (Å²) in [5.74, 6) is -0.735. The first-order chi connectivity index (χ1) is 12.5. The number of sulfonamides is 1. The summed E-state index contributed by atoms with van der Waals surface area (Å²) in [6, 6.07) is 4.04. The van der Waals surface area contributed by atoms with Gasteiger partial charge in [0.1, 0.15) is 11.9 Å². The van der Waals surface area contributed by atoms with Gasteiger partial charge >= 0.3 is 0 Å². The van der Waals surface area contributed by atoms with Crippen molar-refractivity contribution in [3.63, 3.8) is 0 Å². The number of carbonyl (C=O) groups excluding carboxylic acids is 1. The molecule has 2 aliphatic rings. The van der Waals surface area contributed by atoms with Gasteiger partial charge in [0.15, 0.2) is 0 Å². The van der Waals surface area contributed by atoms with Crippen LogP contribution in [0.1, 0.15) is 44.9 Å². The predicted octanol–water partition coefficient (Wildman–Crippen LogP) is 2.99. The van der Waals surface area contributed by atoms with Gasteiger partial charge in [-0.05, 0) is 69.2 Å². The third kappa shape index (κ3) is 4.32. The second-order valence-electron chi connectivity index (χ2n) is 6.88. The lowest BCUT2D eigenvalue weighted by Crippen LogP contribution is -2.46.